The molecule has 1 aromatic rings. The van der Waals surface area contributed by atoms with Crippen LogP contribution in [0, 0.1) is 11.7 Å². The molecule has 0 atom stereocenters. The number of hydrogen-bond acceptors (Lipinski definition) is 2. The summed E-state index contributed by atoms with van der Waals surface area (Å²) in [5, 5.41) is 3.58. The van der Waals surface area contributed by atoms with Gasteiger partial charge in [-0.1, -0.05) is 26.0 Å². The van der Waals surface area contributed by atoms with E-state index in [1.165, 1.54) is 44.6 Å². The number of nitrogens with one attached hydrogen (secondary N) is 1. The zero-order chi connectivity index (χ0) is 13.7. The Balaban J connectivity index is 1.69. The van der Waals surface area contributed by atoms with Crippen LogP contribution in [0.15, 0.2) is 24.3 Å². The van der Waals surface area contributed by atoms with E-state index in [2.05, 4.69) is 24.1 Å². The molecule has 3 heteroatoms. The van der Waals surface area contributed by atoms with Crippen LogP contribution in [0.4, 0.5) is 4.39 Å². The summed E-state index contributed by atoms with van der Waals surface area (Å²) in [4.78, 5) is 2.56. The number of piperidine rings is 1. The molecule has 0 radical (unpaired) electrons. The normalized spacial score (nSPS) is 18.1. The molecule has 106 valence electrons. The quantitative estimate of drug-likeness (QED) is 0.879. The summed E-state index contributed by atoms with van der Waals surface area (Å²) in [6.07, 6.45) is 2.43. The van der Waals surface area contributed by atoms with Crippen molar-refractivity contribution >= 4 is 0 Å². The van der Waals surface area contributed by atoms with Crippen molar-refractivity contribution in [3.05, 3.63) is 35.6 Å². The van der Waals surface area contributed by atoms with E-state index in [4.69, 9.17) is 0 Å². The summed E-state index contributed by atoms with van der Waals surface area (Å²) in [7, 11) is 0. The SMILES string of the molecule is CC(C)CN1CCC(NCc2ccc(F)cc2)CC1. The van der Waals surface area contributed by atoms with Crippen LogP contribution in [0.3, 0.4) is 0 Å². The second-order valence-electron chi connectivity index (χ2n) is 5.98. The zero-order valence-electron chi connectivity index (χ0n) is 12.0. The first-order valence-corrected chi connectivity index (χ1v) is 7.33. The predicted molar refractivity (Wildman–Crippen MR) is 77.5 cm³/mol. The van der Waals surface area contributed by atoms with Gasteiger partial charge in [0.25, 0.3) is 0 Å². The van der Waals surface area contributed by atoms with Crippen LogP contribution in [0.2, 0.25) is 0 Å². The highest BCUT2D eigenvalue weighted by atomic mass is 19.1. The lowest BCUT2D eigenvalue weighted by molar-refractivity contribution is 0.179. The van der Waals surface area contributed by atoms with Crippen molar-refractivity contribution in [3.63, 3.8) is 0 Å². The van der Waals surface area contributed by atoms with Crippen molar-refractivity contribution in [2.24, 2.45) is 5.92 Å². The first-order chi connectivity index (χ1) is 9.13. The van der Waals surface area contributed by atoms with Gasteiger partial charge in [-0.25, -0.2) is 4.39 Å². The van der Waals surface area contributed by atoms with E-state index < -0.39 is 0 Å². The zero-order valence-corrected chi connectivity index (χ0v) is 12.0. The summed E-state index contributed by atoms with van der Waals surface area (Å²) in [5.74, 6) is 0.592. The molecule has 1 aliphatic heterocycles. The largest absolute Gasteiger partial charge is 0.310 e. The summed E-state index contributed by atoms with van der Waals surface area (Å²) >= 11 is 0. The highest BCUT2D eigenvalue weighted by Crippen LogP contribution is 2.13. The lowest BCUT2D eigenvalue weighted by Gasteiger charge is -2.33. The van der Waals surface area contributed by atoms with Gasteiger partial charge in [0.1, 0.15) is 5.82 Å². The molecule has 0 bridgehead atoms. The summed E-state index contributed by atoms with van der Waals surface area (Å²) in [6, 6.07) is 7.38. The Kier molecular flexibility index (Phi) is 5.34. The molecule has 1 aromatic carbocycles. The third-order valence-electron chi connectivity index (χ3n) is 3.72. The van der Waals surface area contributed by atoms with Crippen LogP contribution in [0.5, 0.6) is 0 Å². The van der Waals surface area contributed by atoms with E-state index in [0.717, 1.165) is 18.0 Å². The number of benzene rings is 1. The van der Waals surface area contributed by atoms with Gasteiger partial charge >= 0.3 is 0 Å². The summed E-state index contributed by atoms with van der Waals surface area (Å²) in [5.41, 5.74) is 1.16. The smallest absolute Gasteiger partial charge is 0.123 e. The summed E-state index contributed by atoms with van der Waals surface area (Å²) < 4.78 is 12.8. The Hall–Kier alpha value is -0.930. The molecule has 0 aliphatic carbocycles. The van der Waals surface area contributed by atoms with Gasteiger partial charge in [0.2, 0.25) is 0 Å². The van der Waals surface area contributed by atoms with E-state index in [0.29, 0.717) is 6.04 Å². The molecule has 0 unspecified atom stereocenters. The van der Waals surface area contributed by atoms with E-state index in [1.807, 2.05) is 12.1 Å². The lowest BCUT2D eigenvalue weighted by Crippen LogP contribution is -2.43. The van der Waals surface area contributed by atoms with Crippen LogP contribution < -0.4 is 5.32 Å². The lowest BCUT2D eigenvalue weighted by atomic mass is 10.0. The van der Waals surface area contributed by atoms with Crippen molar-refractivity contribution < 1.29 is 4.39 Å². The van der Waals surface area contributed by atoms with Crippen molar-refractivity contribution in [3.8, 4) is 0 Å². The van der Waals surface area contributed by atoms with Crippen LogP contribution in [-0.2, 0) is 6.54 Å². The standard InChI is InChI=1S/C16H25FN2/c1-13(2)12-19-9-7-16(8-10-19)18-11-14-3-5-15(17)6-4-14/h3-6,13,16,18H,7-12H2,1-2H3. The van der Waals surface area contributed by atoms with Crippen LogP contribution in [0.25, 0.3) is 0 Å². The Bertz CT molecular complexity index is 367. The fourth-order valence-corrected chi connectivity index (χ4v) is 2.70. The highest BCUT2D eigenvalue weighted by Gasteiger charge is 2.18. The molecule has 2 rings (SSSR count). The van der Waals surface area contributed by atoms with Crippen LogP contribution >= 0.6 is 0 Å². The first-order valence-electron chi connectivity index (χ1n) is 7.33. The van der Waals surface area contributed by atoms with E-state index >= 15 is 0 Å². The fraction of sp³-hybridized carbons (Fsp3) is 0.625. The molecular formula is C16H25FN2. The van der Waals surface area contributed by atoms with E-state index in [9.17, 15) is 4.39 Å². The van der Waals surface area contributed by atoms with Gasteiger partial charge in [0, 0.05) is 19.1 Å². The van der Waals surface area contributed by atoms with Crippen molar-refractivity contribution in [1.82, 2.24) is 10.2 Å². The van der Waals surface area contributed by atoms with Gasteiger partial charge in [0.05, 0.1) is 0 Å². The molecule has 1 aliphatic rings. The molecule has 0 amide bonds. The fourth-order valence-electron chi connectivity index (χ4n) is 2.70. The van der Waals surface area contributed by atoms with Crippen LogP contribution in [0.1, 0.15) is 32.3 Å². The third kappa shape index (κ3) is 4.92. The molecule has 1 saturated heterocycles. The molecule has 19 heavy (non-hydrogen) atoms. The molecule has 1 fully saturated rings. The maximum absolute atomic E-state index is 12.8. The van der Waals surface area contributed by atoms with Gasteiger partial charge in [0.15, 0.2) is 0 Å². The molecule has 0 saturated carbocycles. The minimum atomic E-state index is -0.161. The number of rotatable bonds is 5. The number of nitrogens with zero attached hydrogens (tertiary/aromatic N) is 1. The van der Waals surface area contributed by atoms with Crippen molar-refractivity contribution in [2.45, 2.75) is 39.3 Å². The van der Waals surface area contributed by atoms with E-state index in [1.54, 1.807) is 0 Å². The molecule has 1 heterocycles. The maximum Gasteiger partial charge on any atom is 0.123 e. The first kappa shape index (κ1) is 14.5. The van der Waals surface area contributed by atoms with Gasteiger partial charge in [-0.3, -0.25) is 0 Å². The minimum Gasteiger partial charge on any atom is -0.310 e. The third-order valence-corrected chi connectivity index (χ3v) is 3.72. The second kappa shape index (κ2) is 7.01. The number of halogens is 1. The number of hydrogen-bond donors (Lipinski definition) is 1. The topological polar surface area (TPSA) is 15.3 Å². The van der Waals surface area contributed by atoms with Crippen molar-refractivity contribution in [1.29, 1.82) is 0 Å². The maximum atomic E-state index is 12.8. The van der Waals surface area contributed by atoms with Crippen molar-refractivity contribution in [2.75, 3.05) is 19.6 Å². The second-order valence-corrected chi connectivity index (χ2v) is 5.98. The van der Waals surface area contributed by atoms with Gasteiger partial charge < -0.3 is 10.2 Å². The molecule has 0 aromatic heterocycles. The minimum absolute atomic E-state index is 0.161. The summed E-state index contributed by atoms with van der Waals surface area (Å²) in [6.45, 7) is 9.00. The predicted octanol–water partition coefficient (Wildman–Crippen LogP) is 3.04. The average Bonchev–Trinajstić information content (AvgIpc) is 2.39. The Morgan fingerprint density at radius 2 is 1.84 bits per heavy atom. The highest BCUT2D eigenvalue weighted by molar-refractivity contribution is 5.15. The number of likely N-dealkylation sites (tertiary alicyclic amines) is 1. The van der Waals surface area contributed by atoms with Gasteiger partial charge in [-0.2, -0.15) is 0 Å². The average molecular weight is 264 g/mol. The van der Waals surface area contributed by atoms with Gasteiger partial charge in [-0.15, -0.1) is 0 Å². The Labute approximate surface area is 116 Å². The Morgan fingerprint density at radius 3 is 2.42 bits per heavy atom. The molecule has 1 N–H and O–H groups in total. The molecule has 0 spiro atoms. The van der Waals surface area contributed by atoms with Gasteiger partial charge in [-0.05, 0) is 49.5 Å². The monoisotopic (exact) mass is 264 g/mol. The van der Waals surface area contributed by atoms with Crippen LogP contribution in [-0.4, -0.2) is 30.6 Å². The molecular weight excluding hydrogens is 239 g/mol. The Morgan fingerprint density at radius 1 is 1.21 bits per heavy atom. The molecule has 2 nitrogen and oxygen atoms in total. The van der Waals surface area contributed by atoms with E-state index in [-0.39, 0.29) is 5.82 Å².